The standard InChI is InChI=1S/C51H33N5/c1-4-16-34(17-5-1)37-28-30-47-42(32-37)39-22-10-13-25-44(39)55(47)46-27-15-12-24-41(46)50-52-49(36-20-8-3-9-21-36)53-51(54-50)56-45-26-14-11-23-40(45)43-33-38(29-31-48(43)56)35-18-6-2-7-19-35/h1-33H/i3D,8D,9D,20D,21D. The van der Waals surface area contributed by atoms with E-state index in [1.807, 2.05) is 95.6 Å². The molecule has 0 atom stereocenters. The van der Waals surface area contributed by atoms with Gasteiger partial charge in [-0.15, -0.1) is 0 Å². The number of aromatic nitrogens is 5. The number of hydrogen-bond acceptors (Lipinski definition) is 3. The van der Waals surface area contributed by atoms with Gasteiger partial charge in [-0.2, -0.15) is 9.97 Å². The zero-order chi connectivity index (χ0) is 41.4. The SMILES string of the molecule is [2H]c1c([2H])c([2H])c(-c2nc(-c3ccccc3-n3c4ccccc4c4cc(-c5ccccc5)ccc43)nc(-n3c4ccccc4c4cc(-c5ccccc5)ccc43)n2)c([2H])c1[2H]. The lowest BCUT2D eigenvalue weighted by molar-refractivity contribution is 0.951. The maximum Gasteiger partial charge on any atom is 0.238 e. The third-order valence-electron chi connectivity index (χ3n) is 10.5. The van der Waals surface area contributed by atoms with E-state index in [-0.39, 0.29) is 23.2 Å². The second-order valence-corrected chi connectivity index (χ2v) is 13.7. The zero-order valence-electron chi connectivity index (χ0n) is 34.9. The van der Waals surface area contributed by atoms with E-state index in [0.717, 1.165) is 71.6 Å². The van der Waals surface area contributed by atoms with Gasteiger partial charge < -0.3 is 4.57 Å². The maximum atomic E-state index is 8.99. The van der Waals surface area contributed by atoms with Gasteiger partial charge in [0.25, 0.3) is 0 Å². The largest absolute Gasteiger partial charge is 0.309 e. The van der Waals surface area contributed by atoms with Gasteiger partial charge in [0.2, 0.25) is 5.95 Å². The topological polar surface area (TPSA) is 48.5 Å². The molecule has 0 N–H and O–H groups in total. The van der Waals surface area contributed by atoms with E-state index in [4.69, 9.17) is 21.8 Å². The fourth-order valence-electron chi connectivity index (χ4n) is 7.96. The molecule has 5 heteroatoms. The highest BCUT2D eigenvalue weighted by Gasteiger charge is 2.21. The number of fused-ring (bicyclic) bond motifs is 6. The van der Waals surface area contributed by atoms with Gasteiger partial charge >= 0.3 is 0 Å². The minimum atomic E-state index is -0.489. The van der Waals surface area contributed by atoms with Gasteiger partial charge in [-0.1, -0.05) is 152 Å². The summed E-state index contributed by atoms with van der Waals surface area (Å²) in [5.41, 5.74) is 9.42. The third-order valence-corrected chi connectivity index (χ3v) is 10.5. The molecule has 0 aliphatic carbocycles. The summed E-state index contributed by atoms with van der Waals surface area (Å²) in [6, 6.07) is 55.4. The fraction of sp³-hybridized carbons (Fsp3) is 0. The van der Waals surface area contributed by atoms with Crippen molar-refractivity contribution in [2.75, 3.05) is 0 Å². The molecule has 262 valence electrons. The van der Waals surface area contributed by atoms with Gasteiger partial charge in [-0.25, -0.2) is 4.98 Å². The quantitative estimate of drug-likeness (QED) is 0.172. The van der Waals surface area contributed by atoms with E-state index in [0.29, 0.717) is 5.56 Å². The van der Waals surface area contributed by atoms with E-state index in [1.54, 1.807) is 0 Å². The molecular weight excluding hydrogens is 683 g/mol. The molecule has 3 heterocycles. The minimum absolute atomic E-state index is 0.0339. The molecule has 0 unspecified atom stereocenters. The Kier molecular flexibility index (Phi) is 6.29. The number of nitrogens with zero attached hydrogens (tertiary/aromatic N) is 5. The maximum absolute atomic E-state index is 8.99. The first-order valence-electron chi connectivity index (χ1n) is 21.0. The van der Waals surface area contributed by atoms with Crippen LogP contribution >= 0.6 is 0 Å². The summed E-state index contributed by atoms with van der Waals surface area (Å²) in [4.78, 5) is 15.2. The molecule has 56 heavy (non-hydrogen) atoms. The summed E-state index contributed by atoms with van der Waals surface area (Å²) >= 11 is 0. The minimum Gasteiger partial charge on any atom is -0.309 e. The molecule has 0 aliphatic heterocycles. The average Bonchev–Trinajstić information content (AvgIpc) is 3.83. The molecular formula is C51H33N5. The van der Waals surface area contributed by atoms with Crippen molar-refractivity contribution in [1.29, 1.82) is 0 Å². The predicted molar refractivity (Wildman–Crippen MR) is 230 cm³/mol. The van der Waals surface area contributed by atoms with E-state index in [2.05, 4.69) is 83.4 Å². The number of benzene rings is 8. The summed E-state index contributed by atoms with van der Waals surface area (Å²) in [5.74, 6) is 0.490. The van der Waals surface area contributed by atoms with Crippen molar-refractivity contribution in [1.82, 2.24) is 24.1 Å². The third kappa shape index (κ3) is 5.21. The van der Waals surface area contributed by atoms with E-state index in [9.17, 15) is 0 Å². The highest BCUT2D eigenvalue weighted by molar-refractivity contribution is 6.12. The van der Waals surface area contributed by atoms with Gasteiger partial charge in [0, 0.05) is 32.7 Å². The first-order valence-corrected chi connectivity index (χ1v) is 18.5. The summed E-state index contributed by atoms with van der Waals surface area (Å²) in [6.45, 7) is 0. The summed E-state index contributed by atoms with van der Waals surface area (Å²) < 4.78 is 47.6. The zero-order valence-corrected chi connectivity index (χ0v) is 29.9. The Morgan fingerprint density at radius 2 is 0.857 bits per heavy atom. The van der Waals surface area contributed by atoms with E-state index < -0.39 is 30.2 Å². The van der Waals surface area contributed by atoms with Crippen molar-refractivity contribution in [3.05, 3.63) is 200 Å². The molecule has 0 amide bonds. The van der Waals surface area contributed by atoms with Gasteiger partial charge in [-0.3, -0.25) is 4.57 Å². The summed E-state index contributed by atoms with van der Waals surface area (Å²) in [6.07, 6.45) is 0. The highest BCUT2D eigenvalue weighted by atomic mass is 15.2. The fourth-order valence-corrected chi connectivity index (χ4v) is 7.96. The van der Waals surface area contributed by atoms with Crippen molar-refractivity contribution in [3.8, 4) is 56.7 Å². The van der Waals surface area contributed by atoms with Crippen molar-refractivity contribution < 1.29 is 6.85 Å². The van der Waals surface area contributed by atoms with E-state index in [1.165, 1.54) is 0 Å². The molecule has 8 aromatic carbocycles. The average molecular weight is 721 g/mol. The molecule has 0 bridgehead atoms. The molecule has 0 aliphatic rings. The van der Waals surface area contributed by atoms with Crippen molar-refractivity contribution >= 4 is 43.6 Å². The Balaban J connectivity index is 1.20. The molecule has 3 aromatic heterocycles. The Morgan fingerprint density at radius 1 is 0.357 bits per heavy atom. The van der Waals surface area contributed by atoms with Crippen LogP contribution in [-0.2, 0) is 0 Å². The Bertz CT molecular complexity index is 3520. The van der Waals surface area contributed by atoms with Crippen LogP contribution in [0.4, 0.5) is 0 Å². The van der Waals surface area contributed by atoms with Crippen molar-refractivity contribution in [2.24, 2.45) is 0 Å². The Morgan fingerprint density at radius 3 is 1.50 bits per heavy atom. The molecule has 0 spiro atoms. The molecule has 11 rings (SSSR count). The predicted octanol–water partition coefficient (Wildman–Crippen LogP) is 12.7. The highest BCUT2D eigenvalue weighted by Crippen LogP contribution is 2.39. The van der Waals surface area contributed by atoms with Crippen LogP contribution in [0.5, 0.6) is 0 Å². The van der Waals surface area contributed by atoms with Crippen LogP contribution in [0.15, 0.2) is 200 Å². The molecule has 0 radical (unpaired) electrons. The number of hydrogen-bond donors (Lipinski definition) is 0. The normalized spacial score (nSPS) is 12.8. The molecule has 11 aromatic rings. The van der Waals surface area contributed by atoms with Crippen LogP contribution in [0, 0.1) is 0 Å². The molecule has 5 nitrogen and oxygen atoms in total. The van der Waals surface area contributed by atoms with E-state index >= 15 is 0 Å². The Labute approximate surface area is 330 Å². The second-order valence-electron chi connectivity index (χ2n) is 13.7. The first kappa shape index (κ1) is 27.0. The lowest BCUT2D eigenvalue weighted by Gasteiger charge is -2.15. The van der Waals surface area contributed by atoms with Gasteiger partial charge in [-0.05, 0) is 70.8 Å². The molecule has 0 fully saturated rings. The van der Waals surface area contributed by atoms with Gasteiger partial charge in [0.1, 0.15) is 0 Å². The first-order chi connectivity index (χ1) is 29.9. The summed E-state index contributed by atoms with van der Waals surface area (Å²) in [7, 11) is 0. The number of para-hydroxylation sites is 3. The van der Waals surface area contributed by atoms with Gasteiger partial charge in [0.05, 0.1) is 34.6 Å². The van der Waals surface area contributed by atoms with Crippen LogP contribution < -0.4 is 0 Å². The van der Waals surface area contributed by atoms with Crippen molar-refractivity contribution in [2.45, 2.75) is 0 Å². The second kappa shape index (κ2) is 13.0. The van der Waals surface area contributed by atoms with Gasteiger partial charge in [0.15, 0.2) is 11.6 Å². The Hall–Kier alpha value is -7.63. The van der Waals surface area contributed by atoms with Crippen molar-refractivity contribution in [3.63, 3.8) is 0 Å². The molecule has 0 saturated heterocycles. The van der Waals surface area contributed by atoms with Crippen LogP contribution in [0.2, 0.25) is 0 Å². The van der Waals surface area contributed by atoms with Crippen LogP contribution in [0.3, 0.4) is 0 Å². The van der Waals surface area contributed by atoms with Crippen LogP contribution in [0.25, 0.3) is 100 Å². The summed E-state index contributed by atoms with van der Waals surface area (Å²) in [5, 5.41) is 4.15. The lowest BCUT2D eigenvalue weighted by atomic mass is 10.0. The number of rotatable bonds is 6. The monoisotopic (exact) mass is 720 g/mol. The lowest BCUT2D eigenvalue weighted by Crippen LogP contribution is -2.07. The van der Waals surface area contributed by atoms with Crippen LogP contribution in [-0.4, -0.2) is 24.1 Å². The van der Waals surface area contributed by atoms with Crippen LogP contribution in [0.1, 0.15) is 6.85 Å². The molecule has 0 saturated carbocycles. The smallest absolute Gasteiger partial charge is 0.238 e.